The minimum atomic E-state index is -0.261. The minimum Gasteiger partial charge on any atom is -0.494 e. The lowest BCUT2D eigenvalue weighted by Gasteiger charge is -2.21. The molecular weight excluding hydrogens is 316 g/mol. The first-order valence-corrected chi connectivity index (χ1v) is 9.63. The van der Waals surface area contributed by atoms with Crippen molar-refractivity contribution in [2.24, 2.45) is 0 Å². The molecule has 0 aromatic heterocycles. The predicted octanol–water partition coefficient (Wildman–Crippen LogP) is 2.39. The molecule has 25 heavy (non-hydrogen) atoms. The SMILES string of the molecule is CCOc1ccc(N2C(=O)C[C@@H]([NH2+]C3CCCCCCC3)C2=O)cc1. The van der Waals surface area contributed by atoms with Gasteiger partial charge in [0, 0.05) is 0 Å². The molecule has 0 spiro atoms. The molecule has 136 valence electrons. The van der Waals surface area contributed by atoms with Gasteiger partial charge in [-0.3, -0.25) is 9.59 Å². The lowest BCUT2D eigenvalue weighted by Crippen LogP contribution is -2.96. The van der Waals surface area contributed by atoms with E-state index in [0.29, 0.717) is 24.8 Å². The smallest absolute Gasteiger partial charge is 0.292 e. The number of anilines is 1. The molecule has 2 amide bonds. The van der Waals surface area contributed by atoms with E-state index in [1.54, 1.807) is 12.1 Å². The van der Waals surface area contributed by atoms with Crippen molar-refractivity contribution in [1.29, 1.82) is 0 Å². The Kier molecular flexibility index (Phi) is 6.08. The Balaban J connectivity index is 1.64. The maximum Gasteiger partial charge on any atom is 0.292 e. The number of hydrogen-bond donors (Lipinski definition) is 1. The largest absolute Gasteiger partial charge is 0.494 e. The first-order valence-electron chi connectivity index (χ1n) is 9.63. The Morgan fingerprint density at radius 1 is 1.04 bits per heavy atom. The lowest BCUT2D eigenvalue weighted by atomic mass is 9.96. The maximum atomic E-state index is 12.8. The third-order valence-corrected chi connectivity index (χ3v) is 5.24. The molecule has 1 aliphatic heterocycles. The van der Waals surface area contributed by atoms with Crippen molar-refractivity contribution in [3.63, 3.8) is 0 Å². The molecule has 1 saturated heterocycles. The molecule has 1 aromatic carbocycles. The number of benzene rings is 1. The van der Waals surface area contributed by atoms with Gasteiger partial charge in [-0.05, 0) is 56.9 Å². The van der Waals surface area contributed by atoms with Crippen molar-refractivity contribution in [2.75, 3.05) is 11.5 Å². The van der Waals surface area contributed by atoms with Crippen LogP contribution in [0.3, 0.4) is 0 Å². The number of nitrogens with two attached hydrogens (primary N) is 1. The van der Waals surface area contributed by atoms with E-state index in [9.17, 15) is 9.59 Å². The van der Waals surface area contributed by atoms with Crippen LogP contribution in [-0.4, -0.2) is 30.5 Å². The van der Waals surface area contributed by atoms with E-state index in [4.69, 9.17) is 4.74 Å². The number of amides is 2. The molecule has 0 unspecified atom stereocenters. The van der Waals surface area contributed by atoms with Gasteiger partial charge in [0.2, 0.25) is 5.91 Å². The van der Waals surface area contributed by atoms with Gasteiger partial charge in [-0.2, -0.15) is 0 Å². The Hall–Kier alpha value is -1.88. The third kappa shape index (κ3) is 4.40. The number of ether oxygens (including phenoxy) is 1. The second-order valence-corrected chi connectivity index (χ2v) is 7.10. The summed E-state index contributed by atoms with van der Waals surface area (Å²) in [5.41, 5.74) is 0.645. The average Bonchev–Trinajstić information content (AvgIpc) is 2.85. The highest BCUT2D eigenvalue weighted by Gasteiger charge is 2.43. The number of imide groups is 1. The van der Waals surface area contributed by atoms with Crippen molar-refractivity contribution in [3.8, 4) is 5.75 Å². The number of rotatable bonds is 5. The number of nitrogens with zero attached hydrogens (tertiary/aromatic N) is 1. The Morgan fingerprint density at radius 2 is 1.68 bits per heavy atom. The van der Waals surface area contributed by atoms with Crippen LogP contribution in [0.2, 0.25) is 0 Å². The fourth-order valence-electron chi connectivity index (χ4n) is 3.94. The number of hydrogen-bond acceptors (Lipinski definition) is 3. The van der Waals surface area contributed by atoms with Crippen LogP contribution < -0.4 is 15.0 Å². The normalized spacial score (nSPS) is 22.8. The van der Waals surface area contributed by atoms with Crippen molar-refractivity contribution < 1.29 is 19.6 Å². The lowest BCUT2D eigenvalue weighted by molar-refractivity contribution is -0.709. The quantitative estimate of drug-likeness (QED) is 0.834. The summed E-state index contributed by atoms with van der Waals surface area (Å²) in [6, 6.07) is 7.42. The molecule has 5 nitrogen and oxygen atoms in total. The molecule has 1 aromatic rings. The van der Waals surface area contributed by atoms with E-state index in [0.717, 1.165) is 18.6 Å². The summed E-state index contributed by atoms with van der Waals surface area (Å²) in [5, 5.41) is 2.17. The van der Waals surface area contributed by atoms with Crippen LogP contribution in [0.15, 0.2) is 24.3 Å². The Labute approximate surface area is 149 Å². The van der Waals surface area contributed by atoms with Gasteiger partial charge in [0.1, 0.15) is 5.75 Å². The highest BCUT2D eigenvalue weighted by atomic mass is 16.5. The molecule has 0 radical (unpaired) electrons. The number of carbonyl (C=O) groups is 2. The van der Waals surface area contributed by atoms with Crippen LogP contribution in [0.4, 0.5) is 5.69 Å². The summed E-state index contributed by atoms with van der Waals surface area (Å²) < 4.78 is 5.43. The first kappa shape index (κ1) is 17.9. The molecule has 2 aliphatic rings. The summed E-state index contributed by atoms with van der Waals surface area (Å²) in [6.07, 6.45) is 9.00. The van der Waals surface area contributed by atoms with Gasteiger partial charge in [-0.15, -0.1) is 0 Å². The molecule has 2 N–H and O–H groups in total. The summed E-state index contributed by atoms with van der Waals surface area (Å²) in [4.78, 5) is 26.6. The van der Waals surface area contributed by atoms with E-state index in [2.05, 4.69) is 5.32 Å². The molecule has 1 aliphatic carbocycles. The van der Waals surface area contributed by atoms with Crippen LogP contribution >= 0.6 is 0 Å². The Morgan fingerprint density at radius 3 is 2.32 bits per heavy atom. The minimum absolute atomic E-state index is 0.0729. The van der Waals surface area contributed by atoms with Crippen LogP contribution in [0.5, 0.6) is 5.75 Å². The van der Waals surface area contributed by atoms with Gasteiger partial charge in [0.15, 0.2) is 6.04 Å². The van der Waals surface area contributed by atoms with E-state index in [1.165, 1.54) is 37.0 Å². The molecule has 2 fully saturated rings. The number of quaternary nitrogens is 1. The van der Waals surface area contributed by atoms with Gasteiger partial charge in [-0.25, -0.2) is 4.90 Å². The van der Waals surface area contributed by atoms with Gasteiger partial charge >= 0.3 is 0 Å². The van der Waals surface area contributed by atoms with Crippen molar-refractivity contribution in [1.82, 2.24) is 0 Å². The van der Waals surface area contributed by atoms with E-state index < -0.39 is 0 Å². The maximum absolute atomic E-state index is 12.8. The van der Waals surface area contributed by atoms with Crippen molar-refractivity contribution in [3.05, 3.63) is 24.3 Å². The van der Waals surface area contributed by atoms with Crippen LogP contribution in [0.1, 0.15) is 58.3 Å². The predicted molar refractivity (Wildman–Crippen MR) is 96.5 cm³/mol. The van der Waals surface area contributed by atoms with Crippen molar-refractivity contribution >= 4 is 17.5 Å². The highest BCUT2D eigenvalue weighted by Crippen LogP contribution is 2.25. The standard InChI is InChI=1S/C20H28N2O3/c1-2-25-17-12-10-16(11-13-17)22-19(23)14-18(20(22)24)21-15-8-6-4-3-5-7-9-15/h10-13,15,18,21H,2-9,14H2,1H3/p+1/t18-/m1/s1. The summed E-state index contributed by atoms with van der Waals surface area (Å²) >= 11 is 0. The second kappa shape index (κ2) is 8.48. The molecule has 0 bridgehead atoms. The molecule has 1 saturated carbocycles. The zero-order chi connectivity index (χ0) is 17.6. The van der Waals surface area contributed by atoms with Crippen molar-refractivity contribution in [2.45, 2.75) is 70.4 Å². The van der Waals surface area contributed by atoms with Gasteiger partial charge < -0.3 is 10.1 Å². The first-order chi connectivity index (χ1) is 12.2. The summed E-state index contributed by atoms with van der Waals surface area (Å²) in [5.74, 6) is 0.584. The van der Waals surface area contributed by atoms with E-state index in [1.807, 2.05) is 19.1 Å². The monoisotopic (exact) mass is 345 g/mol. The molecular formula is C20H29N2O3+. The Bertz CT molecular complexity index is 591. The topological polar surface area (TPSA) is 63.2 Å². The average molecular weight is 345 g/mol. The zero-order valence-corrected chi connectivity index (χ0v) is 15.1. The summed E-state index contributed by atoms with van der Waals surface area (Å²) in [7, 11) is 0. The van der Waals surface area contributed by atoms with Gasteiger partial charge in [0.25, 0.3) is 5.91 Å². The fourth-order valence-corrected chi connectivity index (χ4v) is 3.94. The molecule has 3 rings (SSSR count). The zero-order valence-electron chi connectivity index (χ0n) is 15.1. The fraction of sp³-hybridized carbons (Fsp3) is 0.600. The molecule has 5 heteroatoms. The van der Waals surface area contributed by atoms with Crippen LogP contribution in [-0.2, 0) is 9.59 Å². The second-order valence-electron chi connectivity index (χ2n) is 7.10. The van der Waals surface area contributed by atoms with E-state index >= 15 is 0 Å². The highest BCUT2D eigenvalue weighted by molar-refractivity contribution is 6.21. The van der Waals surface area contributed by atoms with E-state index in [-0.39, 0.29) is 17.9 Å². The van der Waals surface area contributed by atoms with Crippen LogP contribution in [0.25, 0.3) is 0 Å². The van der Waals surface area contributed by atoms with Gasteiger partial charge in [-0.1, -0.05) is 19.3 Å². The summed E-state index contributed by atoms with van der Waals surface area (Å²) in [6.45, 7) is 2.52. The number of carbonyl (C=O) groups excluding carboxylic acids is 2. The third-order valence-electron chi connectivity index (χ3n) is 5.24. The van der Waals surface area contributed by atoms with Crippen LogP contribution in [0, 0.1) is 0 Å². The molecule has 1 atom stereocenters. The molecule has 1 heterocycles. The van der Waals surface area contributed by atoms with Gasteiger partial charge in [0.05, 0.1) is 24.8 Å².